The fourth-order valence-corrected chi connectivity index (χ4v) is 5.22. The van der Waals surface area contributed by atoms with Crippen molar-refractivity contribution >= 4 is 40.6 Å². The molecule has 3 aliphatic rings. The third-order valence-electron chi connectivity index (χ3n) is 6.80. The van der Waals surface area contributed by atoms with Crippen LogP contribution in [0, 0.1) is 0 Å². The van der Waals surface area contributed by atoms with Gasteiger partial charge in [0.15, 0.2) is 5.54 Å². The number of amides is 2. The highest BCUT2D eigenvalue weighted by molar-refractivity contribution is 6.50. The van der Waals surface area contributed by atoms with Crippen LogP contribution in [0.4, 0.5) is 5.69 Å². The maximum absolute atomic E-state index is 13.9. The summed E-state index contributed by atoms with van der Waals surface area (Å²) in [6.45, 7) is 3.20. The van der Waals surface area contributed by atoms with Gasteiger partial charge in [0.2, 0.25) is 0 Å². The van der Waals surface area contributed by atoms with Gasteiger partial charge < -0.3 is 19.6 Å². The molecule has 1 atom stereocenters. The van der Waals surface area contributed by atoms with Gasteiger partial charge in [-0.25, -0.2) is 0 Å². The van der Waals surface area contributed by atoms with Gasteiger partial charge in [-0.1, -0.05) is 29.8 Å². The number of aliphatic hydroxyl groups excluding tert-OH is 1. The standard InChI is InChI=1S/C25H24ClN3O5/c1-27-19-5-3-2-4-18(19)25(24(27)33)20(21(30)16-6-8-17(26)9-7-16)22(31)23(32)29(25)11-10-28-12-14-34-15-13-28/h2-9,30H,10-15H2,1H3/t25-/m1/s1. The molecule has 2 aromatic carbocycles. The Bertz CT molecular complexity index is 1210. The van der Waals surface area contributed by atoms with Gasteiger partial charge in [-0.15, -0.1) is 0 Å². The van der Waals surface area contributed by atoms with Crippen LogP contribution in [0.3, 0.4) is 0 Å². The second-order valence-corrected chi connectivity index (χ2v) is 9.00. The summed E-state index contributed by atoms with van der Waals surface area (Å²) in [7, 11) is 1.61. The topological polar surface area (TPSA) is 90.4 Å². The Kier molecular flexibility index (Phi) is 5.67. The Morgan fingerprint density at radius 3 is 2.41 bits per heavy atom. The van der Waals surface area contributed by atoms with Crippen molar-refractivity contribution in [2.45, 2.75) is 5.54 Å². The van der Waals surface area contributed by atoms with E-state index in [1.54, 1.807) is 55.6 Å². The van der Waals surface area contributed by atoms with E-state index in [4.69, 9.17) is 16.3 Å². The van der Waals surface area contributed by atoms with Gasteiger partial charge in [0, 0.05) is 55.1 Å². The third-order valence-corrected chi connectivity index (χ3v) is 7.05. The molecule has 3 aliphatic heterocycles. The zero-order chi connectivity index (χ0) is 24.0. The van der Waals surface area contributed by atoms with Crippen molar-refractivity contribution in [3.63, 3.8) is 0 Å². The molecule has 0 saturated carbocycles. The molecular formula is C25H24ClN3O5. The number of likely N-dealkylation sites (tertiary alicyclic amines) is 1. The van der Waals surface area contributed by atoms with Crippen LogP contribution in [-0.2, 0) is 24.7 Å². The fraction of sp³-hybridized carbons (Fsp3) is 0.320. The lowest BCUT2D eigenvalue weighted by molar-refractivity contribution is -0.144. The zero-order valence-corrected chi connectivity index (χ0v) is 19.4. The number of ketones is 1. The van der Waals surface area contributed by atoms with Crippen molar-refractivity contribution in [3.05, 3.63) is 70.3 Å². The molecule has 0 aromatic heterocycles. The smallest absolute Gasteiger partial charge is 0.296 e. The number of benzene rings is 2. The second-order valence-electron chi connectivity index (χ2n) is 8.56. The van der Waals surface area contributed by atoms with Crippen molar-refractivity contribution in [1.29, 1.82) is 0 Å². The van der Waals surface area contributed by atoms with Crippen molar-refractivity contribution < 1.29 is 24.2 Å². The monoisotopic (exact) mass is 481 g/mol. The molecule has 3 heterocycles. The number of carbonyl (C=O) groups is 3. The molecule has 176 valence electrons. The normalized spacial score (nSPS) is 24.4. The fourth-order valence-electron chi connectivity index (χ4n) is 5.09. The Morgan fingerprint density at radius 2 is 1.71 bits per heavy atom. The highest BCUT2D eigenvalue weighted by Crippen LogP contribution is 2.53. The lowest BCUT2D eigenvalue weighted by Crippen LogP contribution is -2.53. The lowest BCUT2D eigenvalue weighted by Gasteiger charge is -2.36. The third kappa shape index (κ3) is 3.25. The Labute approximate surface area is 202 Å². The Morgan fingerprint density at radius 1 is 1.03 bits per heavy atom. The number of ether oxygens (including phenoxy) is 1. The number of morpholine rings is 1. The number of fused-ring (bicyclic) bond motifs is 2. The Hall–Kier alpha value is -3.20. The number of Topliss-reactive ketones (excluding diaryl/α,β-unsaturated/α-hetero) is 1. The number of para-hydroxylation sites is 1. The molecule has 2 amide bonds. The predicted octanol–water partition coefficient (Wildman–Crippen LogP) is 2.22. The second kappa shape index (κ2) is 8.54. The summed E-state index contributed by atoms with van der Waals surface area (Å²) in [6, 6.07) is 13.3. The minimum atomic E-state index is -1.74. The molecule has 0 radical (unpaired) electrons. The van der Waals surface area contributed by atoms with Crippen LogP contribution in [0.1, 0.15) is 11.1 Å². The van der Waals surface area contributed by atoms with Gasteiger partial charge >= 0.3 is 0 Å². The molecule has 1 N–H and O–H groups in total. The molecule has 1 spiro atoms. The molecule has 9 heteroatoms. The highest BCUT2D eigenvalue weighted by atomic mass is 35.5. The van der Waals surface area contributed by atoms with E-state index in [-0.39, 0.29) is 12.1 Å². The number of halogens is 1. The van der Waals surface area contributed by atoms with E-state index in [0.29, 0.717) is 54.7 Å². The van der Waals surface area contributed by atoms with Crippen molar-refractivity contribution in [2.75, 3.05) is 51.3 Å². The number of likely N-dealkylation sites (N-methyl/N-ethyl adjacent to an activating group) is 1. The summed E-state index contributed by atoms with van der Waals surface area (Å²) in [5.74, 6) is -2.54. The highest BCUT2D eigenvalue weighted by Gasteiger charge is 2.66. The van der Waals surface area contributed by atoms with Crippen molar-refractivity contribution in [3.8, 4) is 0 Å². The van der Waals surface area contributed by atoms with E-state index in [1.807, 2.05) is 0 Å². The number of rotatable bonds is 4. The molecule has 8 nitrogen and oxygen atoms in total. The lowest BCUT2D eigenvalue weighted by atomic mass is 9.82. The molecule has 5 rings (SSSR count). The molecule has 0 bridgehead atoms. The molecular weight excluding hydrogens is 458 g/mol. The Balaban J connectivity index is 1.69. The SMILES string of the molecule is CN1C(=O)[C@]2(C(=C(O)c3ccc(Cl)cc3)C(=O)C(=O)N2CCN2CCOCC2)c2ccccc21. The van der Waals surface area contributed by atoms with Gasteiger partial charge in [0.1, 0.15) is 5.76 Å². The zero-order valence-electron chi connectivity index (χ0n) is 18.7. The first-order valence-electron chi connectivity index (χ1n) is 11.1. The van der Waals surface area contributed by atoms with E-state index >= 15 is 0 Å². The molecule has 34 heavy (non-hydrogen) atoms. The minimum absolute atomic E-state index is 0.149. The quantitative estimate of drug-likeness (QED) is 0.409. The maximum Gasteiger partial charge on any atom is 0.296 e. The summed E-state index contributed by atoms with van der Waals surface area (Å²) in [5, 5.41) is 11.8. The van der Waals surface area contributed by atoms with Crippen LogP contribution in [0.25, 0.3) is 5.76 Å². The van der Waals surface area contributed by atoms with Gasteiger partial charge in [-0.05, 0) is 30.3 Å². The number of hydrogen-bond acceptors (Lipinski definition) is 6. The van der Waals surface area contributed by atoms with Crippen LogP contribution in [0.15, 0.2) is 54.1 Å². The average molecular weight is 482 g/mol. The average Bonchev–Trinajstić information content (AvgIpc) is 3.22. The predicted molar refractivity (Wildman–Crippen MR) is 127 cm³/mol. The van der Waals surface area contributed by atoms with E-state index in [0.717, 1.165) is 0 Å². The van der Waals surface area contributed by atoms with E-state index in [2.05, 4.69) is 4.90 Å². The van der Waals surface area contributed by atoms with Crippen LogP contribution < -0.4 is 4.90 Å². The number of anilines is 1. The largest absolute Gasteiger partial charge is 0.507 e. The van der Waals surface area contributed by atoms with E-state index in [1.165, 1.54) is 9.80 Å². The first kappa shape index (κ1) is 22.6. The van der Waals surface area contributed by atoms with Crippen LogP contribution in [-0.4, -0.2) is 78.9 Å². The first-order valence-corrected chi connectivity index (χ1v) is 11.5. The molecule has 0 unspecified atom stereocenters. The molecule has 2 fully saturated rings. The van der Waals surface area contributed by atoms with Gasteiger partial charge in [-0.2, -0.15) is 0 Å². The number of nitrogens with zero attached hydrogens (tertiary/aromatic N) is 3. The van der Waals surface area contributed by atoms with Gasteiger partial charge in [0.05, 0.1) is 18.8 Å². The van der Waals surface area contributed by atoms with E-state index < -0.39 is 28.9 Å². The van der Waals surface area contributed by atoms with E-state index in [9.17, 15) is 19.5 Å². The summed E-state index contributed by atoms with van der Waals surface area (Å²) in [6.07, 6.45) is 0. The molecule has 2 saturated heterocycles. The van der Waals surface area contributed by atoms with Crippen LogP contribution in [0.5, 0.6) is 0 Å². The van der Waals surface area contributed by atoms with Crippen LogP contribution >= 0.6 is 11.6 Å². The van der Waals surface area contributed by atoms with Crippen LogP contribution in [0.2, 0.25) is 5.02 Å². The summed E-state index contributed by atoms with van der Waals surface area (Å²) in [4.78, 5) is 45.7. The van der Waals surface area contributed by atoms with Crippen molar-refractivity contribution in [1.82, 2.24) is 9.80 Å². The summed E-state index contributed by atoms with van der Waals surface area (Å²) < 4.78 is 5.40. The van der Waals surface area contributed by atoms with Gasteiger partial charge in [0.25, 0.3) is 17.6 Å². The maximum atomic E-state index is 13.9. The molecule has 2 aromatic rings. The van der Waals surface area contributed by atoms with Gasteiger partial charge in [-0.3, -0.25) is 19.3 Å². The number of aliphatic hydroxyl groups is 1. The summed E-state index contributed by atoms with van der Waals surface area (Å²) >= 11 is 5.99. The first-order chi connectivity index (χ1) is 16.4. The van der Waals surface area contributed by atoms with Crippen molar-refractivity contribution in [2.24, 2.45) is 0 Å². The number of carbonyl (C=O) groups excluding carboxylic acids is 3. The number of hydrogen-bond donors (Lipinski definition) is 1. The summed E-state index contributed by atoms with van der Waals surface area (Å²) in [5.41, 5.74) is -0.569. The minimum Gasteiger partial charge on any atom is -0.507 e. The molecule has 0 aliphatic carbocycles.